The molecular weight excluding hydrogens is 236 g/mol. The second kappa shape index (κ2) is 7.46. The minimum atomic E-state index is -0.822. The molecule has 3 unspecified atom stereocenters. The summed E-state index contributed by atoms with van der Waals surface area (Å²) in [6.45, 7) is 9.64. The number of nitrogens with zero attached hydrogens (tertiary/aromatic N) is 1. The molecule has 17 heavy (non-hydrogen) atoms. The first-order valence-corrected chi connectivity index (χ1v) is 7.85. The molecule has 1 rings (SSSR count). The van der Waals surface area contributed by atoms with Crippen molar-refractivity contribution in [2.45, 2.75) is 44.6 Å². The van der Waals surface area contributed by atoms with Crippen LogP contribution in [-0.4, -0.2) is 58.5 Å². The number of ether oxygens (including phenoxy) is 1. The van der Waals surface area contributed by atoms with Crippen molar-refractivity contribution in [3.63, 3.8) is 0 Å². The van der Waals surface area contributed by atoms with E-state index in [4.69, 9.17) is 10.5 Å². The molecule has 1 saturated heterocycles. The summed E-state index contributed by atoms with van der Waals surface area (Å²) in [5, 5.41) is 0.179. The maximum atomic E-state index is 12.0. The molecule has 3 atom stereocenters. The van der Waals surface area contributed by atoms with Crippen LogP contribution in [0, 0.1) is 0 Å². The van der Waals surface area contributed by atoms with Gasteiger partial charge in [0.05, 0.1) is 18.5 Å². The van der Waals surface area contributed by atoms with Crippen LogP contribution < -0.4 is 5.73 Å². The molecule has 4 nitrogen and oxygen atoms in total. The molecule has 0 aromatic carbocycles. The molecule has 0 bridgehead atoms. The molecule has 0 radical (unpaired) electrons. The lowest BCUT2D eigenvalue weighted by atomic mass is 10.2. The van der Waals surface area contributed by atoms with Gasteiger partial charge in [0.25, 0.3) is 0 Å². The smallest absolute Gasteiger partial charge is 0.0817 e. The van der Waals surface area contributed by atoms with Crippen LogP contribution in [0.2, 0.25) is 0 Å². The van der Waals surface area contributed by atoms with Crippen LogP contribution in [0.1, 0.15) is 27.2 Å². The molecular formula is C12H26N2O2S. The highest BCUT2D eigenvalue weighted by atomic mass is 32.2. The first-order chi connectivity index (χ1) is 8.04. The molecule has 0 aromatic rings. The van der Waals surface area contributed by atoms with Crippen LogP contribution in [0.4, 0.5) is 0 Å². The van der Waals surface area contributed by atoms with Gasteiger partial charge in [0.15, 0.2) is 0 Å². The van der Waals surface area contributed by atoms with Gasteiger partial charge in [-0.05, 0) is 26.8 Å². The van der Waals surface area contributed by atoms with E-state index < -0.39 is 10.8 Å². The minimum Gasteiger partial charge on any atom is -0.375 e. The summed E-state index contributed by atoms with van der Waals surface area (Å²) in [5.74, 6) is 0.643. The van der Waals surface area contributed by atoms with Gasteiger partial charge in [0.1, 0.15) is 0 Å². The lowest BCUT2D eigenvalue weighted by molar-refractivity contribution is -0.0269. The number of hydrogen-bond acceptors (Lipinski definition) is 4. The zero-order valence-corrected chi connectivity index (χ0v) is 12.0. The predicted octanol–water partition coefficient (Wildman–Crippen LogP) is 0.582. The molecule has 0 aromatic heterocycles. The van der Waals surface area contributed by atoms with Crippen molar-refractivity contribution in [1.29, 1.82) is 0 Å². The summed E-state index contributed by atoms with van der Waals surface area (Å²) in [6, 6.07) is 0.538. The van der Waals surface area contributed by atoms with Crippen molar-refractivity contribution in [3.05, 3.63) is 0 Å². The highest BCUT2D eigenvalue weighted by Crippen LogP contribution is 2.12. The predicted molar refractivity (Wildman–Crippen MR) is 72.6 cm³/mol. The van der Waals surface area contributed by atoms with Gasteiger partial charge in [-0.3, -0.25) is 9.11 Å². The maximum absolute atomic E-state index is 12.0. The normalized spacial score (nSPS) is 26.1. The topological polar surface area (TPSA) is 55.6 Å². The van der Waals surface area contributed by atoms with Gasteiger partial charge in [-0.15, -0.1) is 0 Å². The number of rotatable bonds is 6. The molecule has 1 aliphatic heterocycles. The van der Waals surface area contributed by atoms with Gasteiger partial charge in [0.2, 0.25) is 0 Å². The highest BCUT2D eigenvalue weighted by molar-refractivity contribution is 7.85. The van der Waals surface area contributed by atoms with E-state index in [1.165, 1.54) is 0 Å². The van der Waals surface area contributed by atoms with Crippen molar-refractivity contribution in [2.24, 2.45) is 5.73 Å². The quantitative estimate of drug-likeness (QED) is 0.761. The Morgan fingerprint density at radius 1 is 1.47 bits per heavy atom. The Balaban J connectivity index is 2.38. The average Bonchev–Trinajstić information content (AvgIpc) is 2.29. The fraction of sp³-hybridized carbons (Fsp3) is 1.00. The van der Waals surface area contributed by atoms with Crippen LogP contribution in [-0.2, 0) is 15.5 Å². The summed E-state index contributed by atoms with van der Waals surface area (Å²) >= 11 is 0. The fourth-order valence-corrected chi connectivity index (χ4v) is 3.32. The van der Waals surface area contributed by atoms with E-state index in [1.807, 2.05) is 6.92 Å². The van der Waals surface area contributed by atoms with Gasteiger partial charge < -0.3 is 10.5 Å². The van der Waals surface area contributed by atoms with Crippen LogP contribution in [0.15, 0.2) is 0 Å². The SMILES string of the molecule is CC(C)N1CCOC(CS(=O)C(C)CCN)C1. The zero-order valence-electron chi connectivity index (χ0n) is 11.2. The summed E-state index contributed by atoms with van der Waals surface area (Å²) < 4.78 is 17.7. The average molecular weight is 262 g/mol. The van der Waals surface area contributed by atoms with Crippen LogP contribution in [0.25, 0.3) is 0 Å². The largest absolute Gasteiger partial charge is 0.375 e. The van der Waals surface area contributed by atoms with Crippen LogP contribution in [0.5, 0.6) is 0 Å². The molecule has 0 amide bonds. The fourth-order valence-electron chi connectivity index (χ4n) is 2.03. The molecule has 1 heterocycles. The zero-order chi connectivity index (χ0) is 12.8. The molecule has 0 aliphatic carbocycles. The first-order valence-electron chi connectivity index (χ1n) is 6.47. The van der Waals surface area contributed by atoms with Gasteiger partial charge in [0, 0.05) is 35.2 Å². The maximum Gasteiger partial charge on any atom is 0.0817 e. The van der Waals surface area contributed by atoms with E-state index >= 15 is 0 Å². The molecule has 0 spiro atoms. The third-order valence-electron chi connectivity index (χ3n) is 3.27. The van der Waals surface area contributed by atoms with Crippen LogP contribution >= 0.6 is 0 Å². The lowest BCUT2D eigenvalue weighted by Crippen LogP contribution is -2.48. The standard InChI is InChI=1S/C12H26N2O2S/c1-10(2)14-6-7-16-12(8-14)9-17(15)11(3)4-5-13/h10-12H,4-9,13H2,1-3H3. The summed E-state index contributed by atoms with van der Waals surface area (Å²) in [4.78, 5) is 2.39. The summed E-state index contributed by atoms with van der Waals surface area (Å²) in [5.41, 5.74) is 5.49. The van der Waals surface area contributed by atoms with Crippen molar-refractivity contribution < 1.29 is 8.95 Å². The van der Waals surface area contributed by atoms with E-state index in [0.717, 1.165) is 26.1 Å². The molecule has 2 N–H and O–H groups in total. The van der Waals surface area contributed by atoms with Crippen molar-refractivity contribution >= 4 is 10.8 Å². The Morgan fingerprint density at radius 2 is 2.18 bits per heavy atom. The van der Waals surface area contributed by atoms with Crippen LogP contribution in [0.3, 0.4) is 0 Å². The van der Waals surface area contributed by atoms with E-state index in [9.17, 15) is 4.21 Å². The lowest BCUT2D eigenvalue weighted by Gasteiger charge is -2.35. The van der Waals surface area contributed by atoms with Crippen molar-refractivity contribution in [1.82, 2.24) is 4.90 Å². The third kappa shape index (κ3) is 5.04. The second-order valence-corrected chi connectivity index (χ2v) is 6.92. The summed E-state index contributed by atoms with van der Waals surface area (Å²) in [7, 11) is -0.822. The molecule has 1 fully saturated rings. The van der Waals surface area contributed by atoms with Gasteiger partial charge >= 0.3 is 0 Å². The van der Waals surface area contributed by atoms with E-state index in [2.05, 4.69) is 18.7 Å². The number of hydrogen-bond donors (Lipinski definition) is 1. The summed E-state index contributed by atoms with van der Waals surface area (Å²) in [6.07, 6.45) is 0.944. The highest BCUT2D eigenvalue weighted by Gasteiger charge is 2.25. The Kier molecular flexibility index (Phi) is 6.62. The third-order valence-corrected chi connectivity index (χ3v) is 5.11. The Labute approximate surface area is 107 Å². The van der Waals surface area contributed by atoms with Crippen molar-refractivity contribution in [3.8, 4) is 0 Å². The van der Waals surface area contributed by atoms with Gasteiger partial charge in [-0.2, -0.15) is 0 Å². The monoisotopic (exact) mass is 262 g/mol. The van der Waals surface area contributed by atoms with E-state index in [1.54, 1.807) is 0 Å². The van der Waals surface area contributed by atoms with Gasteiger partial charge in [-0.1, -0.05) is 6.92 Å². The Morgan fingerprint density at radius 3 is 2.76 bits per heavy atom. The molecule has 0 saturated carbocycles. The van der Waals surface area contributed by atoms with E-state index in [-0.39, 0.29) is 11.4 Å². The first kappa shape index (κ1) is 15.1. The second-order valence-electron chi connectivity index (χ2n) is 5.02. The minimum absolute atomic E-state index is 0.118. The van der Waals surface area contributed by atoms with Crippen molar-refractivity contribution in [2.75, 3.05) is 32.0 Å². The Hall–Kier alpha value is 0.0300. The van der Waals surface area contributed by atoms with Gasteiger partial charge in [-0.25, -0.2) is 0 Å². The number of nitrogens with two attached hydrogens (primary N) is 1. The Bertz CT molecular complexity index is 249. The number of morpholine rings is 1. The van der Waals surface area contributed by atoms with E-state index in [0.29, 0.717) is 18.3 Å². The molecule has 102 valence electrons. The molecule has 5 heteroatoms. The molecule has 1 aliphatic rings.